The number of aliphatic imine (C=N–C) groups is 1. The summed E-state index contributed by atoms with van der Waals surface area (Å²) in [7, 11) is 0. The molecule has 2 atom stereocenters. The van der Waals surface area contributed by atoms with Crippen LogP contribution in [0.15, 0.2) is 29.3 Å². The number of halogens is 2. The molecule has 1 aromatic rings. The fourth-order valence-corrected chi connectivity index (χ4v) is 4.46. The molecule has 1 aromatic carbocycles. The number of hydrogen-bond donors (Lipinski definition) is 3. The Bertz CT molecular complexity index is 734. The first-order valence-electron chi connectivity index (χ1n) is 11.1. The molecule has 31 heavy (non-hydrogen) atoms. The van der Waals surface area contributed by atoms with Gasteiger partial charge >= 0.3 is 0 Å². The molecule has 2 saturated heterocycles. The number of guanidine groups is 1. The zero-order valence-corrected chi connectivity index (χ0v) is 21.4. The van der Waals surface area contributed by atoms with Crippen molar-refractivity contribution in [2.75, 3.05) is 50.7 Å². The highest BCUT2D eigenvalue weighted by Gasteiger charge is 2.24. The fourth-order valence-electron chi connectivity index (χ4n) is 4.27. The number of amides is 1. The van der Waals surface area contributed by atoms with Crippen molar-refractivity contribution in [3.05, 3.63) is 29.3 Å². The molecule has 0 spiro atoms. The Kier molecular flexibility index (Phi) is 11.2. The van der Waals surface area contributed by atoms with Crippen molar-refractivity contribution in [2.45, 2.75) is 38.6 Å². The molecule has 0 radical (unpaired) electrons. The lowest BCUT2D eigenvalue weighted by Crippen LogP contribution is -2.45. The molecule has 0 saturated carbocycles. The molecule has 0 aliphatic carbocycles. The van der Waals surface area contributed by atoms with E-state index in [1.54, 1.807) is 0 Å². The van der Waals surface area contributed by atoms with E-state index < -0.39 is 0 Å². The van der Waals surface area contributed by atoms with Gasteiger partial charge in [-0.1, -0.05) is 17.7 Å². The highest BCUT2D eigenvalue weighted by Crippen LogP contribution is 2.23. The summed E-state index contributed by atoms with van der Waals surface area (Å²) < 4.78 is 0. The van der Waals surface area contributed by atoms with E-state index >= 15 is 0 Å². The van der Waals surface area contributed by atoms with E-state index in [2.05, 4.69) is 33.4 Å². The Morgan fingerprint density at radius 3 is 2.87 bits per heavy atom. The molecule has 3 rings (SSSR count). The summed E-state index contributed by atoms with van der Waals surface area (Å²) >= 11 is 6.14. The van der Waals surface area contributed by atoms with Gasteiger partial charge in [-0.05, 0) is 63.9 Å². The number of nitrogens with one attached hydrogen (secondary N) is 2. The zero-order chi connectivity index (χ0) is 21.3. The first-order chi connectivity index (χ1) is 14.5. The number of nitrogens with two attached hydrogens (primary N) is 1. The summed E-state index contributed by atoms with van der Waals surface area (Å²) in [6.45, 7) is 8.42. The Morgan fingerprint density at radius 1 is 1.29 bits per heavy atom. The van der Waals surface area contributed by atoms with Gasteiger partial charge in [-0.2, -0.15) is 0 Å². The third-order valence-corrected chi connectivity index (χ3v) is 6.09. The van der Waals surface area contributed by atoms with Crippen LogP contribution in [-0.2, 0) is 4.79 Å². The number of nitrogens with zero attached hydrogens (tertiary/aromatic N) is 3. The minimum Gasteiger partial charge on any atom is -0.369 e. The van der Waals surface area contributed by atoms with Crippen LogP contribution in [-0.4, -0.2) is 68.6 Å². The maximum atomic E-state index is 11.4. The summed E-state index contributed by atoms with van der Waals surface area (Å²) in [5.74, 6) is 0.717. The van der Waals surface area contributed by atoms with Crippen molar-refractivity contribution < 1.29 is 4.79 Å². The molecule has 2 aliphatic rings. The summed E-state index contributed by atoms with van der Waals surface area (Å²) in [6.07, 6.45) is 4.01. The normalized spacial score (nSPS) is 22.1. The molecule has 0 aromatic heterocycles. The van der Waals surface area contributed by atoms with E-state index in [0.717, 1.165) is 82.5 Å². The number of likely N-dealkylation sites (tertiary alicyclic amines) is 1. The second-order valence-electron chi connectivity index (χ2n) is 8.21. The number of benzene rings is 1. The van der Waals surface area contributed by atoms with Crippen LogP contribution in [0.2, 0.25) is 5.02 Å². The van der Waals surface area contributed by atoms with Gasteiger partial charge in [0.1, 0.15) is 0 Å². The molecule has 9 heteroatoms. The van der Waals surface area contributed by atoms with Crippen LogP contribution in [0.1, 0.15) is 32.6 Å². The number of primary amides is 1. The summed E-state index contributed by atoms with van der Waals surface area (Å²) in [5.41, 5.74) is 6.65. The van der Waals surface area contributed by atoms with Gasteiger partial charge < -0.3 is 26.2 Å². The van der Waals surface area contributed by atoms with Crippen LogP contribution >= 0.6 is 35.6 Å². The van der Waals surface area contributed by atoms with Crippen LogP contribution in [0.3, 0.4) is 0 Å². The van der Waals surface area contributed by atoms with Gasteiger partial charge in [-0.25, -0.2) is 0 Å². The summed E-state index contributed by atoms with van der Waals surface area (Å²) in [4.78, 5) is 20.9. The van der Waals surface area contributed by atoms with Crippen molar-refractivity contribution >= 4 is 53.1 Å². The molecular weight excluding hydrogens is 527 g/mol. The predicted octanol–water partition coefficient (Wildman–Crippen LogP) is 2.68. The molecule has 2 fully saturated rings. The molecule has 174 valence electrons. The van der Waals surface area contributed by atoms with E-state index in [9.17, 15) is 4.79 Å². The topological polar surface area (TPSA) is 86.0 Å². The third-order valence-electron chi connectivity index (χ3n) is 5.86. The van der Waals surface area contributed by atoms with Crippen molar-refractivity contribution in [3.63, 3.8) is 0 Å². The number of anilines is 1. The number of hydrogen-bond acceptors (Lipinski definition) is 4. The Morgan fingerprint density at radius 2 is 2.13 bits per heavy atom. The van der Waals surface area contributed by atoms with Gasteiger partial charge in [-0.3, -0.25) is 9.79 Å². The Hall–Kier alpha value is -1.26. The Labute approximate surface area is 208 Å². The van der Waals surface area contributed by atoms with Crippen LogP contribution < -0.4 is 21.3 Å². The second kappa shape index (κ2) is 13.3. The summed E-state index contributed by atoms with van der Waals surface area (Å²) in [5, 5.41) is 7.71. The van der Waals surface area contributed by atoms with Crippen molar-refractivity contribution in [2.24, 2.45) is 16.6 Å². The number of piperidine rings is 1. The lowest BCUT2D eigenvalue weighted by Gasteiger charge is -2.30. The highest BCUT2D eigenvalue weighted by molar-refractivity contribution is 14.0. The highest BCUT2D eigenvalue weighted by atomic mass is 127. The number of rotatable bonds is 8. The van der Waals surface area contributed by atoms with Gasteiger partial charge in [0.05, 0.1) is 5.92 Å². The number of carbonyl (C=O) groups excluding carboxylic acids is 1. The average Bonchev–Trinajstić information content (AvgIpc) is 3.20. The predicted molar refractivity (Wildman–Crippen MR) is 140 cm³/mol. The average molecular weight is 563 g/mol. The Balaban J connectivity index is 0.00000341. The maximum Gasteiger partial charge on any atom is 0.221 e. The van der Waals surface area contributed by atoms with Gasteiger partial charge in [0.25, 0.3) is 0 Å². The second-order valence-corrected chi connectivity index (χ2v) is 8.65. The van der Waals surface area contributed by atoms with Crippen LogP contribution in [0.4, 0.5) is 5.69 Å². The van der Waals surface area contributed by atoms with Gasteiger partial charge in [0.15, 0.2) is 5.96 Å². The van der Waals surface area contributed by atoms with Gasteiger partial charge in [-0.15, -0.1) is 24.0 Å². The fraction of sp³-hybridized carbons (Fsp3) is 0.636. The summed E-state index contributed by atoms with van der Waals surface area (Å²) in [6, 6.07) is 8.40. The monoisotopic (exact) mass is 562 g/mol. The van der Waals surface area contributed by atoms with E-state index in [4.69, 9.17) is 22.3 Å². The largest absolute Gasteiger partial charge is 0.369 e. The molecule has 2 unspecified atom stereocenters. The minimum atomic E-state index is -0.167. The van der Waals surface area contributed by atoms with Crippen LogP contribution in [0.5, 0.6) is 0 Å². The van der Waals surface area contributed by atoms with Gasteiger partial charge in [0.2, 0.25) is 5.91 Å². The van der Waals surface area contributed by atoms with E-state index in [-0.39, 0.29) is 35.8 Å². The maximum absolute atomic E-state index is 11.4. The van der Waals surface area contributed by atoms with Crippen LogP contribution in [0, 0.1) is 5.92 Å². The van der Waals surface area contributed by atoms with Crippen molar-refractivity contribution in [1.82, 2.24) is 15.5 Å². The van der Waals surface area contributed by atoms with Gasteiger partial charge in [0, 0.05) is 49.5 Å². The molecule has 4 N–H and O–H groups in total. The molecule has 2 heterocycles. The SMILES string of the molecule is CCNC(=NCCCN1CCCC(C(N)=O)C1)NC1CCN(c2cccc(Cl)c2)C1.I. The van der Waals surface area contributed by atoms with E-state index in [0.29, 0.717) is 6.04 Å². The third kappa shape index (κ3) is 8.31. The molecule has 7 nitrogen and oxygen atoms in total. The first-order valence-corrected chi connectivity index (χ1v) is 11.5. The molecule has 2 aliphatic heterocycles. The molecular formula is C22H36ClIN6O. The van der Waals surface area contributed by atoms with E-state index in [1.807, 2.05) is 18.2 Å². The molecule has 1 amide bonds. The van der Waals surface area contributed by atoms with E-state index in [1.165, 1.54) is 5.69 Å². The molecule has 0 bridgehead atoms. The standard InChI is InChI=1S/C22H35ClN6O.HI/c1-2-25-22(26-10-5-12-28-11-4-6-17(15-28)21(24)30)27-19-9-13-29(16-19)20-8-3-7-18(23)14-20;/h3,7-8,14,17,19H,2,4-6,9-13,15-16H2,1H3,(H2,24,30)(H2,25,26,27);1H. The van der Waals surface area contributed by atoms with Crippen LogP contribution in [0.25, 0.3) is 0 Å². The zero-order valence-electron chi connectivity index (χ0n) is 18.4. The lowest BCUT2D eigenvalue weighted by atomic mass is 9.97. The first kappa shape index (κ1) is 26.0. The minimum absolute atomic E-state index is 0. The number of carbonyl (C=O) groups is 1. The quantitative estimate of drug-likeness (QED) is 0.196. The smallest absolute Gasteiger partial charge is 0.221 e. The van der Waals surface area contributed by atoms with Crippen molar-refractivity contribution in [3.8, 4) is 0 Å². The van der Waals surface area contributed by atoms with Crippen molar-refractivity contribution in [1.29, 1.82) is 0 Å². The lowest BCUT2D eigenvalue weighted by molar-refractivity contribution is -0.123.